The van der Waals surface area contributed by atoms with Gasteiger partial charge < -0.3 is 14.1 Å². The molecule has 6 nitrogen and oxygen atoms in total. The molecule has 2 saturated carbocycles. The van der Waals surface area contributed by atoms with Crippen LogP contribution in [-0.4, -0.2) is 25.8 Å². The maximum Gasteiger partial charge on any atom is 0.338 e. The molecule has 4 rings (SSSR count). The molecule has 0 aromatic carbocycles. The molecule has 7 heteroatoms. The van der Waals surface area contributed by atoms with Gasteiger partial charge in [-0.15, -0.1) is 10.2 Å². The summed E-state index contributed by atoms with van der Waals surface area (Å²) in [6, 6.07) is 2.12. The van der Waals surface area contributed by atoms with E-state index in [1.165, 1.54) is 31.9 Å². The Labute approximate surface area is 125 Å². The molecule has 0 unspecified atom stereocenters. The van der Waals surface area contributed by atoms with Crippen LogP contribution in [0.25, 0.3) is 0 Å². The summed E-state index contributed by atoms with van der Waals surface area (Å²) in [4.78, 5) is 10.8. The number of carboxylic acids is 1. The summed E-state index contributed by atoms with van der Waals surface area (Å²) in [5.41, 5.74) is 0.188. The van der Waals surface area contributed by atoms with Crippen molar-refractivity contribution < 1.29 is 14.3 Å². The summed E-state index contributed by atoms with van der Waals surface area (Å²) in [5, 5.41) is 18.5. The molecule has 0 bridgehead atoms. The molecule has 110 valence electrons. The minimum absolute atomic E-state index is 0.188. The molecular formula is C14H15N3O3S. The molecule has 2 aromatic rings. The van der Waals surface area contributed by atoms with Gasteiger partial charge in [0.1, 0.15) is 17.8 Å². The fraction of sp³-hybridized carbons (Fsp3) is 0.500. The number of hydrogen-bond donors (Lipinski definition) is 1. The van der Waals surface area contributed by atoms with Gasteiger partial charge in [0.25, 0.3) is 0 Å². The molecule has 1 N–H and O–H groups in total. The van der Waals surface area contributed by atoms with E-state index in [9.17, 15) is 4.79 Å². The summed E-state index contributed by atoms with van der Waals surface area (Å²) in [6.45, 7) is 0. The Hall–Kier alpha value is -1.76. The molecule has 2 heterocycles. The highest BCUT2D eigenvalue weighted by molar-refractivity contribution is 7.98. The first-order chi connectivity index (χ1) is 10.2. The van der Waals surface area contributed by atoms with Gasteiger partial charge in [0.05, 0.1) is 11.3 Å². The molecule has 0 saturated heterocycles. The first kappa shape index (κ1) is 12.9. The van der Waals surface area contributed by atoms with Crippen LogP contribution in [0.3, 0.4) is 0 Å². The van der Waals surface area contributed by atoms with E-state index in [1.54, 1.807) is 17.8 Å². The van der Waals surface area contributed by atoms with E-state index in [1.807, 2.05) is 0 Å². The van der Waals surface area contributed by atoms with Crippen molar-refractivity contribution in [2.24, 2.45) is 0 Å². The van der Waals surface area contributed by atoms with Crippen LogP contribution < -0.4 is 0 Å². The Balaban J connectivity index is 1.50. The predicted molar refractivity (Wildman–Crippen MR) is 75.5 cm³/mol. The highest BCUT2D eigenvalue weighted by atomic mass is 32.2. The van der Waals surface area contributed by atoms with Gasteiger partial charge in [-0.1, -0.05) is 11.8 Å². The largest absolute Gasteiger partial charge is 0.478 e. The molecule has 0 radical (unpaired) electrons. The molecule has 2 aliphatic carbocycles. The van der Waals surface area contributed by atoms with Crippen molar-refractivity contribution >= 4 is 17.7 Å². The third kappa shape index (κ3) is 2.57. The van der Waals surface area contributed by atoms with Crippen LogP contribution in [0.5, 0.6) is 0 Å². The summed E-state index contributed by atoms with van der Waals surface area (Å²) in [5.74, 6) is 1.98. The maximum atomic E-state index is 10.8. The van der Waals surface area contributed by atoms with Crippen molar-refractivity contribution in [1.82, 2.24) is 14.8 Å². The monoisotopic (exact) mass is 305 g/mol. The fourth-order valence-corrected chi connectivity index (χ4v) is 3.29. The highest BCUT2D eigenvalue weighted by Gasteiger charge is 2.36. The van der Waals surface area contributed by atoms with Crippen molar-refractivity contribution in [2.75, 3.05) is 0 Å². The lowest BCUT2D eigenvalue weighted by atomic mass is 10.3. The van der Waals surface area contributed by atoms with Crippen molar-refractivity contribution in [3.05, 3.63) is 29.5 Å². The molecule has 2 aliphatic rings. The lowest BCUT2D eigenvalue weighted by Crippen LogP contribution is -2.01. The number of carbonyl (C=O) groups is 1. The quantitative estimate of drug-likeness (QED) is 0.826. The summed E-state index contributed by atoms with van der Waals surface area (Å²) in [7, 11) is 0. The average Bonchev–Trinajstić information content (AvgIpc) is 3.39. The molecule has 0 aliphatic heterocycles. The van der Waals surface area contributed by atoms with E-state index in [0.717, 1.165) is 11.0 Å². The average molecular weight is 305 g/mol. The second kappa shape index (κ2) is 4.91. The van der Waals surface area contributed by atoms with Crippen LogP contribution in [0.2, 0.25) is 0 Å². The van der Waals surface area contributed by atoms with Crippen LogP contribution in [0.15, 0.2) is 21.9 Å². The lowest BCUT2D eigenvalue weighted by Gasteiger charge is -2.07. The van der Waals surface area contributed by atoms with Crippen molar-refractivity contribution in [3.8, 4) is 0 Å². The second-order valence-corrected chi connectivity index (χ2v) is 6.55. The van der Waals surface area contributed by atoms with Gasteiger partial charge in [-0.05, 0) is 31.7 Å². The van der Waals surface area contributed by atoms with E-state index in [0.29, 0.717) is 23.5 Å². The smallest absolute Gasteiger partial charge is 0.338 e. The number of nitrogens with zero attached hydrogens (tertiary/aromatic N) is 3. The molecular weight excluding hydrogens is 290 g/mol. The third-order valence-electron chi connectivity index (χ3n) is 3.79. The topological polar surface area (TPSA) is 81.2 Å². The van der Waals surface area contributed by atoms with E-state index in [2.05, 4.69) is 14.8 Å². The van der Waals surface area contributed by atoms with Crippen LogP contribution in [0, 0.1) is 0 Å². The van der Waals surface area contributed by atoms with E-state index in [4.69, 9.17) is 9.52 Å². The van der Waals surface area contributed by atoms with Crippen molar-refractivity contribution in [3.63, 3.8) is 0 Å². The Morgan fingerprint density at radius 1 is 1.38 bits per heavy atom. The summed E-state index contributed by atoms with van der Waals surface area (Å²) < 4.78 is 7.55. The number of carboxylic acid groups (broad SMARTS) is 1. The van der Waals surface area contributed by atoms with Gasteiger partial charge >= 0.3 is 5.97 Å². The number of hydrogen-bond acceptors (Lipinski definition) is 5. The molecule has 2 fully saturated rings. The molecule has 0 amide bonds. The number of furan rings is 1. The van der Waals surface area contributed by atoms with Gasteiger partial charge in [0.15, 0.2) is 5.16 Å². The minimum atomic E-state index is -0.966. The predicted octanol–water partition coefficient (Wildman–Crippen LogP) is 3.07. The van der Waals surface area contributed by atoms with Crippen LogP contribution in [0.1, 0.15) is 59.6 Å². The summed E-state index contributed by atoms with van der Waals surface area (Å²) in [6.07, 6.45) is 6.12. The molecule has 21 heavy (non-hydrogen) atoms. The standard InChI is InChI=1S/C14H15N3O3S/c18-13(19)9-5-11(20-6-9)7-21-14-16-15-12(8-1-2-8)17(14)10-3-4-10/h5-6,8,10H,1-4,7H2,(H,18,19). The highest BCUT2D eigenvalue weighted by Crippen LogP contribution is 2.46. The summed E-state index contributed by atoms with van der Waals surface area (Å²) >= 11 is 1.56. The lowest BCUT2D eigenvalue weighted by molar-refractivity contribution is 0.0696. The molecule has 0 spiro atoms. The van der Waals surface area contributed by atoms with Crippen molar-refractivity contribution in [1.29, 1.82) is 0 Å². The van der Waals surface area contributed by atoms with Gasteiger partial charge in [-0.3, -0.25) is 0 Å². The Kier molecular flexibility index (Phi) is 3.02. The third-order valence-corrected chi connectivity index (χ3v) is 4.76. The van der Waals surface area contributed by atoms with Gasteiger partial charge in [0, 0.05) is 12.0 Å². The first-order valence-corrected chi connectivity index (χ1v) is 8.09. The van der Waals surface area contributed by atoms with E-state index < -0.39 is 5.97 Å². The van der Waals surface area contributed by atoms with Gasteiger partial charge in [0.2, 0.25) is 0 Å². The zero-order valence-electron chi connectivity index (χ0n) is 11.4. The Bertz CT molecular complexity index is 685. The van der Waals surface area contributed by atoms with Crippen LogP contribution >= 0.6 is 11.8 Å². The molecule has 0 atom stereocenters. The van der Waals surface area contributed by atoms with Gasteiger partial charge in [-0.25, -0.2) is 4.79 Å². The number of thioether (sulfide) groups is 1. The Morgan fingerprint density at radius 3 is 2.81 bits per heavy atom. The van der Waals surface area contributed by atoms with E-state index >= 15 is 0 Å². The van der Waals surface area contributed by atoms with E-state index in [-0.39, 0.29) is 5.56 Å². The fourth-order valence-electron chi connectivity index (χ4n) is 2.39. The molecule has 2 aromatic heterocycles. The zero-order valence-corrected chi connectivity index (χ0v) is 12.2. The number of aromatic carboxylic acids is 1. The number of aromatic nitrogens is 3. The normalized spacial score (nSPS) is 18.1. The number of rotatable bonds is 6. The maximum absolute atomic E-state index is 10.8. The zero-order chi connectivity index (χ0) is 14.4. The Morgan fingerprint density at radius 2 is 2.19 bits per heavy atom. The first-order valence-electron chi connectivity index (χ1n) is 7.10. The van der Waals surface area contributed by atoms with Crippen LogP contribution in [0.4, 0.5) is 0 Å². The van der Waals surface area contributed by atoms with Crippen molar-refractivity contribution in [2.45, 2.75) is 48.6 Å². The van der Waals surface area contributed by atoms with Gasteiger partial charge in [-0.2, -0.15) is 0 Å². The minimum Gasteiger partial charge on any atom is -0.478 e. The SMILES string of the molecule is O=C(O)c1coc(CSc2nnc(C3CC3)n2C2CC2)c1. The second-order valence-electron chi connectivity index (χ2n) is 5.61. The van der Waals surface area contributed by atoms with Crippen LogP contribution in [-0.2, 0) is 5.75 Å².